The van der Waals surface area contributed by atoms with Gasteiger partial charge in [-0.2, -0.15) is 0 Å². The molecule has 19 heavy (non-hydrogen) atoms. The first kappa shape index (κ1) is 12.7. The Balaban J connectivity index is 1.93. The summed E-state index contributed by atoms with van der Waals surface area (Å²) < 4.78 is 1.13. The van der Waals surface area contributed by atoms with Crippen molar-refractivity contribution < 1.29 is 0 Å². The van der Waals surface area contributed by atoms with Crippen LogP contribution < -0.4 is 5.32 Å². The predicted octanol–water partition coefficient (Wildman–Crippen LogP) is 4.21. The molecule has 0 saturated carbocycles. The first-order chi connectivity index (χ1) is 9.24. The molecule has 2 heterocycles. The fourth-order valence-electron chi connectivity index (χ4n) is 1.63. The highest BCUT2D eigenvalue weighted by molar-refractivity contribution is 7.98. The molecule has 2 aromatic heterocycles. The largest absolute Gasteiger partial charge is 0.340 e. The highest BCUT2D eigenvalue weighted by atomic mass is 35.5. The van der Waals surface area contributed by atoms with Gasteiger partial charge in [0.1, 0.15) is 11.0 Å². The van der Waals surface area contributed by atoms with Crippen molar-refractivity contribution in [2.45, 2.75) is 5.16 Å². The van der Waals surface area contributed by atoms with E-state index in [1.807, 2.05) is 30.0 Å². The van der Waals surface area contributed by atoms with E-state index in [0.29, 0.717) is 16.1 Å². The molecule has 0 aliphatic carbocycles. The third-order valence-corrected chi connectivity index (χ3v) is 3.99. The molecule has 3 rings (SSSR count). The summed E-state index contributed by atoms with van der Waals surface area (Å²) in [6.07, 6.45) is 1.92. The van der Waals surface area contributed by atoms with Crippen molar-refractivity contribution in [2.24, 2.45) is 0 Å². The Morgan fingerprint density at radius 3 is 3.00 bits per heavy atom. The van der Waals surface area contributed by atoms with Crippen molar-refractivity contribution in [3.8, 4) is 0 Å². The first-order valence-electron chi connectivity index (χ1n) is 5.43. The second kappa shape index (κ2) is 5.32. The smallest absolute Gasteiger partial charge is 0.190 e. The number of anilines is 2. The molecule has 4 nitrogen and oxygen atoms in total. The van der Waals surface area contributed by atoms with Crippen LogP contribution in [0.1, 0.15) is 0 Å². The number of hydrogen-bond acceptors (Lipinski definition) is 6. The van der Waals surface area contributed by atoms with Crippen LogP contribution in [0.15, 0.2) is 34.9 Å². The molecule has 0 saturated heterocycles. The Bertz CT molecular complexity index is 729. The maximum Gasteiger partial charge on any atom is 0.190 e. The Labute approximate surface area is 123 Å². The van der Waals surface area contributed by atoms with Gasteiger partial charge in [0.05, 0.1) is 15.7 Å². The summed E-state index contributed by atoms with van der Waals surface area (Å²) in [5.74, 6) is 0.688. The minimum atomic E-state index is 0.431. The van der Waals surface area contributed by atoms with Crippen molar-refractivity contribution in [1.29, 1.82) is 0 Å². The molecule has 3 aromatic rings. The van der Waals surface area contributed by atoms with E-state index >= 15 is 0 Å². The van der Waals surface area contributed by atoms with Gasteiger partial charge in [0.2, 0.25) is 0 Å². The van der Waals surface area contributed by atoms with Gasteiger partial charge in [0.15, 0.2) is 5.16 Å². The van der Waals surface area contributed by atoms with Gasteiger partial charge in [-0.3, -0.25) is 0 Å². The number of nitrogens with zero attached hydrogens (tertiary/aromatic N) is 3. The number of aromatic nitrogens is 3. The number of rotatable bonds is 3. The molecule has 0 fully saturated rings. The van der Waals surface area contributed by atoms with Crippen LogP contribution in [0.4, 0.5) is 11.5 Å². The van der Waals surface area contributed by atoms with Crippen LogP contribution in [0.3, 0.4) is 0 Å². The number of benzene rings is 1. The fourth-order valence-corrected chi connectivity index (χ4v) is 2.96. The number of halogens is 1. The molecule has 0 amide bonds. The Hall–Kier alpha value is -1.37. The van der Waals surface area contributed by atoms with Gasteiger partial charge in [-0.05, 0) is 24.5 Å². The minimum absolute atomic E-state index is 0.431. The van der Waals surface area contributed by atoms with Crippen LogP contribution in [0.5, 0.6) is 0 Å². The average molecular weight is 309 g/mol. The summed E-state index contributed by atoms with van der Waals surface area (Å²) in [4.78, 5) is 12.7. The SMILES string of the molecule is CSc1nc(Cl)cc(Nc2ccc3ncsc3c2)n1. The van der Waals surface area contributed by atoms with E-state index in [-0.39, 0.29) is 0 Å². The van der Waals surface area contributed by atoms with Crippen LogP contribution in [-0.4, -0.2) is 21.2 Å². The summed E-state index contributed by atoms with van der Waals surface area (Å²) in [6, 6.07) is 7.70. The average Bonchev–Trinajstić information content (AvgIpc) is 2.85. The maximum atomic E-state index is 5.96. The van der Waals surface area contributed by atoms with E-state index < -0.39 is 0 Å². The molecule has 0 aliphatic rings. The minimum Gasteiger partial charge on any atom is -0.340 e. The normalized spacial score (nSPS) is 10.8. The zero-order chi connectivity index (χ0) is 13.2. The van der Waals surface area contributed by atoms with Crippen LogP contribution in [0.2, 0.25) is 5.15 Å². The lowest BCUT2D eigenvalue weighted by Gasteiger charge is -2.06. The van der Waals surface area contributed by atoms with Crippen LogP contribution in [0.25, 0.3) is 10.2 Å². The summed E-state index contributed by atoms with van der Waals surface area (Å²) in [5, 5.41) is 4.31. The van der Waals surface area contributed by atoms with Crippen LogP contribution >= 0.6 is 34.7 Å². The molecule has 0 bridgehead atoms. The topological polar surface area (TPSA) is 50.7 Å². The number of nitrogens with one attached hydrogen (secondary N) is 1. The molecule has 1 aromatic carbocycles. The van der Waals surface area contributed by atoms with E-state index in [0.717, 1.165) is 15.9 Å². The zero-order valence-corrected chi connectivity index (χ0v) is 12.3. The van der Waals surface area contributed by atoms with Gasteiger partial charge in [0, 0.05) is 11.8 Å². The monoisotopic (exact) mass is 308 g/mol. The Kier molecular flexibility index (Phi) is 3.54. The summed E-state index contributed by atoms with van der Waals surface area (Å²) in [5.41, 5.74) is 3.79. The molecular weight excluding hydrogens is 300 g/mol. The number of thioether (sulfide) groups is 1. The number of fused-ring (bicyclic) bond motifs is 1. The maximum absolute atomic E-state index is 5.96. The van der Waals surface area contributed by atoms with Crippen molar-refractivity contribution in [3.63, 3.8) is 0 Å². The highest BCUT2D eigenvalue weighted by Crippen LogP contribution is 2.25. The van der Waals surface area contributed by atoms with Crippen molar-refractivity contribution in [3.05, 3.63) is 34.9 Å². The lowest BCUT2D eigenvalue weighted by atomic mass is 10.3. The fraction of sp³-hybridized carbons (Fsp3) is 0.0833. The zero-order valence-electron chi connectivity index (χ0n) is 9.92. The summed E-state index contributed by atoms with van der Waals surface area (Å²) in [7, 11) is 0. The Morgan fingerprint density at radius 2 is 2.16 bits per heavy atom. The van der Waals surface area contributed by atoms with Gasteiger partial charge in [-0.15, -0.1) is 11.3 Å². The summed E-state index contributed by atoms with van der Waals surface area (Å²) >= 11 is 9.03. The van der Waals surface area contributed by atoms with Crippen molar-refractivity contribution >= 4 is 56.4 Å². The van der Waals surface area contributed by atoms with E-state index in [4.69, 9.17) is 11.6 Å². The third-order valence-electron chi connectivity index (χ3n) is 2.46. The van der Waals surface area contributed by atoms with E-state index in [9.17, 15) is 0 Å². The van der Waals surface area contributed by atoms with Gasteiger partial charge in [-0.1, -0.05) is 23.4 Å². The molecule has 0 atom stereocenters. The third kappa shape index (κ3) is 2.80. The van der Waals surface area contributed by atoms with E-state index in [1.54, 1.807) is 17.4 Å². The quantitative estimate of drug-likeness (QED) is 0.446. The lowest BCUT2D eigenvalue weighted by Crippen LogP contribution is -1.96. The second-order valence-corrected chi connectivity index (χ2v) is 5.77. The van der Waals surface area contributed by atoms with Gasteiger partial charge < -0.3 is 5.32 Å². The van der Waals surface area contributed by atoms with E-state index in [2.05, 4.69) is 20.3 Å². The number of hydrogen-bond donors (Lipinski definition) is 1. The molecule has 0 aliphatic heterocycles. The first-order valence-corrected chi connectivity index (χ1v) is 7.92. The van der Waals surface area contributed by atoms with E-state index in [1.165, 1.54) is 11.8 Å². The molecule has 1 N–H and O–H groups in total. The highest BCUT2D eigenvalue weighted by Gasteiger charge is 2.04. The standard InChI is InChI=1S/C12H9ClN4S2/c1-18-12-16-10(13)5-11(17-12)15-7-2-3-8-9(4-7)19-6-14-8/h2-6H,1H3,(H,15,16,17). The van der Waals surface area contributed by atoms with Crippen molar-refractivity contribution in [2.75, 3.05) is 11.6 Å². The predicted molar refractivity (Wildman–Crippen MR) is 81.7 cm³/mol. The summed E-state index contributed by atoms with van der Waals surface area (Å²) in [6.45, 7) is 0. The van der Waals surface area contributed by atoms with Crippen molar-refractivity contribution in [1.82, 2.24) is 15.0 Å². The molecular formula is C12H9ClN4S2. The Morgan fingerprint density at radius 1 is 1.26 bits per heavy atom. The number of thiazole rings is 1. The molecule has 0 unspecified atom stereocenters. The van der Waals surface area contributed by atoms with Crippen LogP contribution in [0, 0.1) is 0 Å². The van der Waals surface area contributed by atoms with Gasteiger partial charge >= 0.3 is 0 Å². The molecule has 96 valence electrons. The lowest BCUT2D eigenvalue weighted by molar-refractivity contribution is 0.976. The molecule has 0 radical (unpaired) electrons. The van der Waals surface area contributed by atoms with Gasteiger partial charge in [0.25, 0.3) is 0 Å². The second-order valence-electron chi connectivity index (χ2n) is 3.72. The van der Waals surface area contributed by atoms with Crippen LogP contribution in [-0.2, 0) is 0 Å². The van der Waals surface area contributed by atoms with Gasteiger partial charge in [-0.25, -0.2) is 15.0 Å². The molecule has 0 spiro atoms. The molecule has 7 heteroatoms.